The number of hydrogen-bond acceptors (Lipinski definition) is 4. The Hall–Kier alpha value is -1.73. The molecule has 1 heterocycles. The first kappa shape index (κ1) is 15.3. The number of halogens is 3. The van der Waals surface area contributed by atoms with Crippen molar-refractivity contribution in [1.82, 2.24) is 9.78 Å². The average molecular weight is 279 g/mol. The molecule has 1 aromatic rings. The van der Waals surface area contributed by atoms with Gasteiger partial charge in [-0.2, -0.15) is 18.3 Å². The smallest absolute Gasteiger partial charge is 0.408 e. The Balaban J connectivity index is 3.40. The molecule has 0 spiro atoms. The molecule has 1 rings (SSSR count). The SMILES string of the molecule is COC(=O)c1nn(CC(F)(F)F)c(N)c1C(C)(C)C. The van der Waals surface area contributed by atoms with Gasteiger partial charge in [-0.05, 0) is 5.41 Å². The number of carbonyl (C=O) groups excluding carboxylic acids is 1. The van der Waals surface area contributed by atoms with Crippen molar-refractivity contribution in [3.63, 3.8) is 0 Å². The van der Waals surface area contributed by atoms with Gasteiger partial charge in [0.05, 0.1) is 7.11 Å². The normalized spacial score (nSPS) is 12.6. The lowest BCUT2D eigenvalue weighted by Gasteiger charge is -2.19. The van der Waals surface area contributed by atoms with Crippen molar-refractivity contribution in [2.45, 2.75) is 38.9 Å². The van der Waals surface area contributed by atoms with Crippen LogP contribution in [0.4, 0.5) is 19.0 Å². The van der Waals surface area contributed by atoms with Crippen molar-refractivity contribution in [3.8, 4) is 0 Å². The molecule has 1 aromatic heterocycles. The lowest BCUT2D eigenvalue weighted by molar-refractivity contribution is -0.142. The molecule has 0 aromatic carbocycles. The van der Waals surface area contributed by atoms with Crippen molar-refractivity contribution >= 4 is 11.8 Å². The van der Waals surface area contributed by atoms with Gasteiger partial charge in [-0.3, -0.25) is 0 Å². The molecule has 8 heteroatoms. The number of rotatable bonds is 2. The highest BCUT2D eigenvalue weighted by Crippen LogP contribution is 2.32. The Morgan fingerprint density at radius 1 is 1.37 bits per heavy atom. The molecule has 0 bridgehead atoms. The number of methoxy groups -OCH3 is 1. The maximum Gasteiger partial charge on any atom is 0.408 e. The second-order valence-corrected chi connectivity index (χ2v) is 5.12. The van der Waals surface area contributed by atoms with Crippen LogP contribution in [0.1, 0.15) is 36.8 Å². The third kappa shape index (κ3) is 3.39. The molecule has 0 amide bonds. The number of nitrogen functional groups attached to an aromatic ring is 1. The molecule has 0 atom stereocenters. The monoisotopic (exact) mass is 279 g/mol. The molecule has 0 fully saturated rings. The standard InChI is InChI=1S/C11H16F3N3O2/c1-10(2,3)6-7(9(18)19-4)16-17(8(6)15)5-11(12,13)14/h5,15H2,1-4H3. The van der Waals surface area contributed by atoms with Crippen LogP contribution in [0.2, 0.25) is 0 Å². The number of anilines is 1. The highest BCUT2D eigenvalue weighted by molar-refractivity contribution is 5.90. The van der Waals surface area contributed by atoms with Crippen LogP contribution in [0.15, 0.2) is 0 Å². The lowest BCUT2D eigenvalue weighted by Crippen LogP contribution is -2.21. The average Bonchev–Trinajstić information content (AvgIpc) is 2.52. The molecule has 19 heavy (non-hydrogen) atoms. The van der Waals surface area contributed by atoms with Crippen LogP contribution in [-0.2, 0) is 16.7 Å². The number of nitrogens with two attached hydrogens (primary N) is 1. The number of alkyl halides is 3. The molecular weight excluding hydrogens is 263 g/mol. The summed E-state index contributed by atoms with van der Waals surface area (Å²) in [7, 11) is 1.13. The first-order valence-electron chi connectivity index (χ1n) is 5.49. The topological polar surface area (TPSA) is 70.1 Å². The molecule has 5 nitrogen and oxygen atoms in total. The van der Waals surface area contributed by atoms with Crippen LogP contribution in [0.25, 0.3) is 0 Å². The minimum atomic E-state index is -4.47. The van der Waals surface area contributed by atoms with Gasteiger partial charge in [-0.15, -0.1) is 0 Å². The minimum Gasteiger partial charge on any atom is -0.464 e. The number of hydrogen-bond donors (Lipinski definition) is 1. The third-order valence-corrected chi connectivity index (χ3v) is 2.45. The second kappa shape index (κ2) is 4.75. The zero-order valence-corrected chi connectivity index (χ0v) is 11.1. The van der Waals surface area contributed by atoms with E-state index in [1.807, 2.05) is 0 Å². The van der Waals surface area contributed by atoms with E-state index in [2.05, 4.69) is 9.84 Å². The highest BCUT2D eigenvalue weighted by Gasteiger charge is 2.35. The minimum absolute atomic E-state index is 0.176. The van der Waals surface area contributed by atoms with Crippen molar-refractivity contribution in [2.24, 2.45) is 0 Å². The zero-order chi connectivity index (χ0) is 15.0. The summed E-state index contributed by atoms with van der Waals surface area (Å²) in [4.78, 5) is 11.6. The predicted octanol–water partition coefficient (Wildman–Crippen LogP) is 2.11. The molecule has 0 unspecified atom stereocenters. The second-order valence-electron chi connectivity index (χ2n) is 5.12. The molecule has 0 aliphatic rings. The number of aromatic nitrogens is 2. The first-order chi connectivity index (χ1) is 8.47. The number of carbonyl (C=O) groups is 1. The quantitative estimate of drug-likeness (QED) is 0.842. The van der Waals surface area contributed by atoms with E-state index in [0.717, 1.165) is 7.11 Å². The van der Waals surface area contributed by atoms with E-state index >= 15 is 0 Å². The van der Waals surface area contributed by atoms with Gasteiger partial charge in [-0.1, -0.05) is 20.8 Å². The summed E-state index contributed by atoms with van der Waals surface area (Å²) in [6.07, 6.45) is -4.47. The summed E-state index contributed by atoms with van der Waals surface area (Å²) >= 11 is 0. The van der Waals surface area contributed by atoms with E-state index in [-0.39, 0.29) is 17.1 Å². The Morgan fingerprint density at radius 3 is 2.26 bits per heavy atom. The van der Waals surface area contributed by atoms with Gasteiger partial charge in [0, 0.05) is 5.56 Å². The molecule has 2 N–H and O–H groups in total. The molecule has 0 aliphatic heterocycles. The predicted molar refractivity (Wildman–Crippen MR) is 62.7 cm³/mol. The lowest BCUT2D eigenvalue weighted by atomic mass is 9.86. The van der Waals surface area contributed by atoms with Crippen LogP contribution in [0.3, 0.4) is 0 Å². The van der Waals surface area contributed by atoms with Gasteiger partial charge in [0.2, 0.25) is 0 Å². The van der Waals surface area contributed by atoms with Crippen molar-refractivity contribution in [3.05, 3.63) is 11.3 Å². The largest absolute Gasteiger partial charge is 0.464 e. The fraction of sp³-hybridized carbons (Fsp3) is 0.636. The van der Waals surface area contributed by atoms with Crippen LogP contribution < -0.4 is 5.73 Å². The van der Waals surface area contributed by atoms with Gasteiger partial charge in [0.1, 0.15) is 12.4 Å². The zero-order valence-electron chi connectivity index (χ0n) is 11.1. The van der Waals surface area contributed by atoms with Crippen LogP contribution in [0, 0.1) is 0 Å². The van der Waals surface area contributed by atoms with Gasteiger partial charge < -0.3 is 10.5 Å². The molecular formula is C11H16F3N3O2. The van der Waals surface area contributed by atoms with E-state index in [0.29, 0.717) is 4.68 Å². The third-order valence-electron chi connectivity index (χ3n) is 2.45. The van der Waals surface area contributed by atoms with E-state index in [1.165, 1.54) is 0 Å². The van der Waals surface area contributed by atoms with Crippen molar-refractivity contribution < 1.29 is 22.7 Å². The molecule has 0 saturated carbocycles. The molecule has 108 valence electrons. The summed E-state index contributed by atoms with van der Waals surface area (Å²) in [5.74, 6) is -0.984. The van der Waals surface area contributed by atoms with E-state index in [9.17, 15) is 18.0 Å². The van der Waals surface area contributed by atoms with Crippen molar-refractivity contribution in [2.75, 3.05) is 12.8 Å². The van der Waals surface area contributed by atoms with Gasteiger partial charge in [0.25, 0.3) is 0 Å². The van der Waals surface area contributed by atoms with E-state index in [4.69, 9.17) is 5.73 Å². The van der Waals surface area contributed by atoms with Crippen LogP contribution in [0.5, 0.6) is 0 Å². The van der Waals surface area contributed by atoms with Crippen molar-refractivity contribution in [1.29, 1.82) is 0 Å². The number of esters is 1. The Bertz CT molecular complexity index is 487. The first-order valence-corrected chi connectivity index (χ1v) is 5.49. The van der Waals surface area contributed by atoms with Gasteiger partial charge in [-0.25, -0.2) is 9.48 Å². The fourth-order valence-corrected chi connectivity index (χ4v) is 1.74. The van der Waals surface area contributed by atoms with E-state index < -0.39 is 24.1 Å². The summed E-state index contributed by atoms with van der Waals surface area (Å²) in [6, 6.07) is 0. The summed E-state index contributed by atoms with van der Waals surface area (Å²) in [5, 5.41) is 3.63. The van der Waals surface area contributed by atoms with Crippen LogP contribution in [-0.4, -0.2) is 29.0 Å². The Kier molecular flexibility index (Phi) is 3.83. The summed E-state index contributed by atoms with van der Waals surface area (Å²) in [5.41, 5.74) is 5.12. The fourth-order valence-electron chi connectivity index (χ4n) is 1.74. The molecule has 0 saturated heterocycles. The van der Waals surface area contributed by atoms with Crippen LogP contribution >= 0.6 is 0 Å². The number of nitrogens with zero attached hydrogens (tertiary/aromatic N) is 2. The maximum absolute atomic E-state index is 12.4. The maximum atomic E-state index is 12.4. The summed E-state index contributed by atoms with van der Waals surface area (Å²) < 4.78 is 42.3. The molecule has 0 radical (unpaired) electrons. The highest BCUT2D eigenvalue weighted by atomic mass is 19.4. The van der Waals surface area contributed by atoms with Gasteiger partial charge in [0.15, 0.2) is 5.69 Å². The molecule has 0 aliphatic carbocycles. The number of ether oxygens (including phenoxy) is 1. The van der Waals surface area contributed by atoms with E-state index in [1.54, 1.807) is 20.8 Å². The Labute approximate surface area is 108 Å². The summed E-state index contributed by atoms with van der Waals surface area (Å²) in [6.45, 7) is 3.83. The van der Waals surface area contributed by atoms with Gasteiger partial charge >= 0.3 is 12.1 Å². The Morgan fingerprint density at radius 2 is 1.89 bits per heavy atom.